The number of hydrogen-bond acceptors (Lipinski definition) is 3. The Morgan fingerprint density at radius 2 is 1.68 bits per heavy atom. The summed E-state index contributed by atoms with van der Waals surface area (Å²) in [5, 5.41) is 4.28. The van der Waals surface area contributed by atoms with E-state index in [1.54, 1.807) is 7.11 Å². The molecule has 0 aliphatic heterocycles. The highest BCUT2D eigenvalue weighted by molar-refractivity contribution is 9.18. The third kappa shape index (κ3) is 4.08. The maximum atomic E-state index is 5.11. The van der Waals surface area contributed by atoms with E-state index in [1.165, 1.54) is 0 Å². The number of nitrogens with one attached hydrogen (secondary N) is 1. The SMILES string of the molecule is COc1ccc(/C(Br)=N/Nc2ccc(Br)cc2)cc1. The van der Waals surface area contributed by atoms with Crippen LogP contribution in [0.15, 0.2) is 58.1 Å². The minimum Gasteiger partial charge on any atom is -0.497 e. The van der Waals surface area contributed by atoms with Crippen molar-refractivity contribution in [2.24, 2.45) is 5.10 Å². The summed E-state index contributed by atoms with van der Waals surface area (Å²) < 4.78 is 6.89. The molecule has 0 aromatic heterocycles. The zero-order valence-corrected chi connectivity index (χ0v) is 13.4. The highest BCUT2D eigenvalue weighted by Gasteiger charge is 2.00. The van der Waals surface area contributed by atoms with Gasteiger partial charge in [0.05, 0.1) is 12.8 Å². The topological polar surface area (TPSA) is 33.6 Å². The highest BCUT2D eigenvalue weighted by Crippen LogP contribution is 2.16. The second-order valence-corrected chi connectivity index (χ2v) is 5.42. The molecule has 1 N–H and O–H groups in total. The molecule has 3 nitrogen and oxygen atoms in total. The molecule has 0 radical (unpaired) electrons. The lowest BCUT2D eigenvalue weighted by Gasteiger charge is -2.04. The molecule has 0 spiro atoms. The second-order valence-electron chi connectivity index (χ2n) is 3.75. The van der Waals surface area contributed by atoms with Crippen LogP contribution in [0.3, 0.4) is 0 Å². The maximum absolute atomic E-state index is 5.11. The van der Waals surface area contributed by atoms with Crippen LogP contribution < -0.4 is 10.2 Å². The van der Waals surface area contributed by atoms with E-state index in [0.717, 1.165) is 26.1 Å². The summed E-state index contributed by atoms with van der Waals surface area (Å²) >= 11 is 6.83. The van der Waals surface area contributed by atoms with Crippen LogP contribution in [0, 0.1) is 0 Å². The molecule has 0 aliphatic rings. The van der Waals surface area contributed by atoms with Crippen LogP contribution in [0.1, 0.15) is 5.56 Å². The van der Waals surface area contributed by atoms with E-state index >= 15 is 0 Å². The molecular formula is C14H12Br2N2O. The van der Waals surface area contributed by atoms with Gasteiger partial charge in [0.15, 0.2) is 0 Å². The first-order chi connectivity index (χ1) is 9.19. The molecule has 2 aromatic carbocycles. The summed E-state index contributed by atoms with van der Waals surface area (Å²) in [6.45, 7) is 0. The van der Waals surface area contributed by atoms with Gasteiger partial charge in [0.2, 0.25) is 0 Å². The fourth-order valence-electron chi connectivity index (χ4n) is 1.43. The number of rotatable bonds is 4. The molecule has 2 aromatic rings. The van der Waals surface area contributed by atoms with E-state index in [0.29, 0.717) is 0 Å². The Morgan fingerprint density at radius 3 is 2.26 bits per heavy atom. The van der Waals surface area contributed by atoms with Crippen molar-refractivity contribution in [2.75, 3.05) is 12.5 Å². The molecule has 0 heterocycles. The van der Waals surface area contributed by atoms with E-state index in [2.05, 4.69) is 42.4 Å². The van der Waals surface area contributed by atoms with E-state index in [4.69, 9.17) is 4.74 Å². The van der Waals surface area contributed by atoms with Gasteiger partial charge >= 0.3 is 0 Å². The fraction of sp³-hybridized carbons (Fsp3) is 0.0714. The van der Waals surface area contributed by atoms with Gasteiger partial charge < -0.3 is 4.74 Å². The highest BCUT2D eigenvalue weighted by atomic mass is 79.9. The summed E-state index contributed by atoms with van der Waals surface area (Å²) in [7, 11) is 1.65. The van der Waals surface area contributed by atoms with E-state index in [1.807, 2.05) is 48.5 Å². The van der Waals surface area contributed by atoms with Crippen molar-refractivity contribution < 1.29 is 4.74 Å². The Bertz CT molecular complexity index is 565. The number of halogens is 2. The average Bonchev–Trinajstić information content (AvgIpc) is 2.46. The van der Waals surface area contributed by atoms with Crippen LogP contribution in [-0.4, -0.2) is 11.7 Å². The Labute approximate surface area is 128 Å². The molecule has 0 fully saturated rings. The van der Waals surface area contributed by atoms with Gasteiger partial charge in [-0.1, -0.05) is 15.9 Å². The molecule has 0 atom stereocenters. The minimum atomic E-state index is 0.734. The lowest BCUT2D eigenvalue weighted by molar-refractivity contribution is 0.415. The van der Waals surface area contributed by atoms with E-state index in [9.17, 15) is 0 Å². The van der Waals surface area contributed by atoms with Gasteiger partial charge in [-0.05, 0) is 64.5 Å². The first-order valence-electron chi connectivity index (χ1n) is 5.58. The van der Waals surface area contributed by atoms with Crippen LogP contribution in [0.2, 0.25) is 0 Å². The van der Waals surface area contributed by atoms with Crippen LogP contribution in [0.25, 0.3) is 0 Å². The van der Waals surface area contributed by atoms with Crippen LogP contribution >= 0.6 is 31.9 Å². The number of methoxy groups -OCH3 is 1. The van der Waals surface area contributed by atoms with Crippen molar-refractivity contribution in [1.82, 2.24) is 0 Å². The number of hydrazone groups is 1. The lowest BCUT2D eigenvalue weighted by Crippen LogP contribution is -1.96. The van der Waals surface area contributed by atoms with Gasteiger partial charge in [-0.15, -0.1) is 0 Å². The molecule has 0 amide bonds. The second kappa shape index (κ2) is 6.73. The van der Waals surface area contributed by atoms with Crippen molar-refractivity contribution in [3.63, 3.8) is 0 Å². The molecule has 0 saturated carbocycles. The first kappa shape index (κ1) is 14.1. The quantitative estimate of drug-likeness (QED) is 0.617. The minimum absolute atomic E-state index is 0.734. The molecule has 0 unspecified atom stereocenters. The molecule has 19 heavy (non-hydrogen) atoms. The summed E-state index contributed by atoms with van der Waals surface area (Å²) in [6, 6.07) is 15.5. The molecule has 98 valence electrons. The van der Waals surface area contributed by atoms with E-state index < -0.39 is 0 Å². The Balaban J connectivity index is 2.07. The van der Waals surface area contributed by atoms with Gasteiger partial charge in [-0.3, -0.25) is 5.43 Å². The maximum Gasteiger partial charge on any atom is 0.133 e. The van der Waals surface area contributed by atoms with Crippen LogP contribution in [-0.2, 0) is 0 Å². The average molecular weight is 384 g/mol. The standard InChI is InChI=1S/C14H12Br2N2O/c1-19-13-8-2-10(3-9-13)14(16)18-17-12-6-4-11(15)5-7-12/h2-9,17H,1H3/b18-14-. The van der Waals surface area contributed by atoms with Crippen molar-refractivity contribution >= 4 is 42.2 Å². The number of hydrogen-bond donors (Lipinski definition) is 1. The zero-order valence-electron chi connectivity index (χ0n) is 10.2. The summed E-state index contributed by atoms with van der Waals surface area (Å²) in [6.07, 6.45) is 0. The zero-order chi connectivity index (χ0) is 13.7. The van der Waals surface area contributed by atoms with Crippen molar-refractivity contribution in [2.45, 2.75) is 0 Å². The lowest BCUT2D eigenvalue weighted by atomic mass is 10.2. The smallest absolute Gasteiger partial charge is 0.133 e. The predicted octanol–water partition coefficient (Wildman–Crippen LogP) is 4.63. The van der Waals surface area contributed by atoms with E-state index in [-0.39, 0.29) is 0 Å². The summed E-state index contributed by atoms with van der Waals surface area (Å²) in [5.74, 6) is 0.824. The normalized spacial score (nSPS) is 11.2. The molecule has 0 bridgehead atoms. The molecule has 2 rings (SSSR count). The number of nitrogens with zero attached hydrogens (tertiary/aromatic N) is 1. The van der Waals surface area contributed by atoms with Crippen LogP contribution in [0.4, 0.5) is 5.69 Å². The van der Waals surface area contributed by atoms with Gasteiger partial charge in [0.25, 0.3) is 0 Å². The van der Waals surface area contributed by atoms with Gasteiger partial charge in [0.1, 0.15) is 10.4 Å². The summed E-state index contributed by atoms with van der Waals surface area (Å²) in [5.41, 5.74) is 4.89. The Hall–Kier alpha value is -1.33. The van der Waals surface area contributed by atoms with Gasteiger partial charge in [-0.25, -0.2) is 0 Å². The molecular weight excluding hydrogens is 372 g/mol. The number of anilines is 1. The summed E-state index contributed by atoms with van der Waals surface area (Å²) in [4.78, 5) is 0. The van der Waals surface area contributed by atoms with Gasteiger partial charge in [-0.2, -0.15) is 5.10 Å². The monoisotopic (exact) mass is 382 g/mol. The molecule has 0 saturated heterocycles. The molecule has 0 aliphatic carbocycles. The van der Waals surface area contributed by atoms with Crippen molar-refractivity contribution in [3.8, 4) is 5.75 Å². The molecule has 5 heteroatoms. The Morgan fingerprint density at radius 1 is 1.05 bits per heavy atom. The van der Waals surface area contributed by atoms with Crippen molar-refractivity contribution in [3.05, 3.63) is 58.6 Å². The third-order valence-corrected chi connectivity index (χ3v) is 3.62. The fourth-order valence-corrected chi connectivity index (χ4v) is 2.05. The predicted molar refractivity (Wildman–Crippen MR) is 86.2 cm³/mol. The number of ether oxygens (including phenoxy) is 1. The van der Waals surface area contributed by atoms with Gasteiger partial charge in [0, 0.05) is 10.0 Å². The van der Waals surface area contributed by atoms with Crippen LogP contribution in [0.5, 0.6) is 5.75 Å². The number of benzene rings is 2. The Kier molecular flexibility index (Phi) is 4.99. The third-order valence-electron chi connectivity index (χ3n) is 2.46. The first-order valence-corrected chi connectivity index (χ1v) is 7.17. The largest absolute Gasteiger partial charge is 0.497 e. The van der Waals surface area contributed by atoms with Crippen molar-refractivity contribution in [1.29, 1.82) is 0 Å².